The molecule has 0 saturated carbocycles. The van der Waals surface area contributed by atoms with Crippen LogP contribution in [0.1, 0.15) is 16.1 Å². The molecule has 4 rings (SSSR count). The van der Waals surface area contributed by atoms with Gasteiger partial charge in [-0.05, 0) is 23.8 Å². The Morgan fingerprint density at radius 1 is 0.960 bits per heavy atom. The van der Waals surface area contributed by atoms with E-state index in [1.807, 2.05) is 66.7 Å². The summed E-state index contributed by atoms with van der Waals surface area (Å²) < 4.78 is 0. The first kappa shape index (κ1) is 15.1. The molecule has 25 heavy (non-hydrogen) atoms. The highest BCUT2D eigenvalue weighted by Crippen LogP contribution is 2.22. The molecule has 0 radical (unpaired) electrons. The zero-order valence-electron chi connectivity index (χ0n) is 13.5. The number of fused-ring (bicyclic) bond motifs is 1. The predicted octanol–water partition coefficient (Wildman–Crippen LogP) is 3.80. The summed E-state index contributed by atoms with van der Waals surface area (Å²) in [5.74, 6) is -0.158. The van der Waals surface area contributed by atoms with Crippen LogP contribution in [-0.4, -0.2) is 21.1 Å². The van der Waals surface area contributed by atoms with Crippen LogP contribution >= 0.6 is 0 Å². The van der Waals surface area contributed by atoms with Gasteiger partial charge in [0.05, 0.1) is 17.4 Å². The van der Waals surface area contributed by atoms with Gasteiger partial charge in [0.1, 0.15) is 0 Å². The lowest BCUT2D eigenvalue weighted by Gasteiger charge is -2.22. The number of para-hydroxylation sites is 1. The van der Waals surface area contributed by atoms with E-state index < -0.39 is 0 Å². The quantitative estimate of drug-likeness (QED) is 0.620. The van der Waals surface area contributed by atoms with Crippen molar-refractivity contribution < 1.29 is 4.79 Å². The summed E-state index contributed by atoms with van der Waals surface area (Å²) in [6.45, 7) is 0.471. The molecule has 0 spiro atoms. The standard InChI is InChI=1S/C20H16N4O/c25-20(19-17-13-21-12-11-18(17)22-23-19)24(16-9-5-2-6-10-16)14-15-7-3-1-4-8-15/h1-13H,14H2,(H,22,23). The number of pyridine rings is 1. The first-order chi connectivity index (χ1) is 12.3. The Hall–Kier alpha value is -3.47. The van der Waals surface area contributed by atoms with Crippen LogP contribution in [0, 0.1) is 0 Å². The molecule has 1 amide bonds. The van der Waals surface area contributed by atoms with Gasteiger partial charge in [0.25, 0.3) is 5.91 Å². The van der Waals surface area contributed by atoms with Crippen LogP contribution < -0.4 is 4.90 Å². The van der Waals surface area contributed by atoms with Gasteiger partial charge in [0.2, 0.25) is 0 Å². The summed E-state index contributed by atoms with van der Waals surface area (Å²) in [7, 11) is 0. The molecule has 0 aliphatic carbocycles. The lowest BCUT2D eigenvalue weighted by atomic mass is 10.1. The molecule has 0 bridgehead atoms. The number of carbonyl (C=O) groups is 1. The summed E-state index contributed by atoms with van der Waals surface area (Å²) in [5.41, 5.74) is 3.06. The minimum absolute atomic E-state index is 0.158. The Balaban J connectivity index is 1.76. The number of anilines is 1. The molecular formula is C20H16N4O. The average molecular weight is 328 g/mol. The van der Waals surface area contributed by atoms with Crippen molar-refractivity contribution in [2.24, 2.45) is 0 Å². The third-order valence-electron chi connectivity index (χ3n) is 4.06. The van der Waals surface area contributed by atoms with Crippen LogP contribution in [0.4, 0.5) is 5.69 Å². The lowest BCUT2D eigenvalue weighted by molar-refractivity contribution is 0.0982. The van der Waals surface area contributed by atoms with Crippen molar-refractivity contribution in [1.82, 2.24) is 15.2 Å². The van der Waals surface area contributed by atoms with Crippen molar-refractivity contribution >= 4 is 22.5 Å². The van der Waals surface area contributed by atoms with Crippen molar-refractivity contribution in [3.63, 3.8) is 0 Å². The Morgan fingerprint density at radius 3 is 2.44 bits per heavy atom. The maximum atomic E-state index is 13.2. The monoisotopic (exact) mass is 328 g/mol. The fourth-order valence-electron chi connectivity index (χ4n) is 2.80. The zero-order chi connectivity index (χ0) is 17.1. The Kier molecular flexibility index (Phi) is 3.96. The van der Waals surface area contributed by atoms with Crippen LogP contribution in [0.3, 0.4) is 0 Å². The second kappa shape index (κ2) is 6.57. The molecule has 2 heterocycles. The predicted molar refractivity (Wildman–Crippen MR) is 97.3 cm³/mol. The second-order valence-corrected chi connectivity index (χ2v) is 5.71. The van der Waals surface area contributed by atoms with E-state index in [9.17, 15) is 4.79 Å². The molecule has 0 saturated heterocycles. The number of H-pyrrole nitrogens is 1. The van der Waals surface area contributed by atoms with Gasteiger partial charge in [-0.25, -0.2) is 0 Å². The van der Waals surface area contributed by atoms with E-state index in [1.165, 1.54) is 0 Å². The lowest BCUT2D eigenvalue weighted by Crippen LogP contribution is -2.30. The third-order valence-corrected chi connectivity index (χ3v) is 4.06. The maximum Gasteiger partial charge on any atom is 0.279 e. The molecule has 122 valence electrons. The summed E-state index contributed by atoms with van der Waals surface area (Å²) in [4.78, 5) is 19.1. The number of amides is 1. The molecule has 4 aromatic rings. The smallest absolute Gasteiger partial charge is 0.279 e. The molecule has 0 aliphatic rings. The molecule has 2 aromatic heterocycles. The van der Waals surface area contributed by atoms with E-state index in [4.69, 9.17) is 0 Å². The highest BCUT2D eigenvalue weighted by atomic mass is 16.2. The summed E-state index contributed by atoms with van der Waals surface area (Å²) >= 11 is 0. The summed E-state index contributed by atoms with van der Waals surface area (Å²) in [6, 6.07) is 21.4. The molecule has 0 fully saturated rings. The Morgan fingerprint density at radius 2 is 1.68 bits per heavy atom. The Labute approximate surface area is 144 Å². The van der Waals surface area contributed by atoms with Gasteiger partial charge >= 0.3 is 0 Å². The number of hydrogen-bond acceptors (Lipinski definition) is 3. The van der Waals surface area contributed by atoms with Crippen LogP contribution in [0.25, 0.3) is 10.9 Å². The largest absolute Gasteiger partial charge is 0.303 e. The minimum atomic E-state index is -0.158. The first-order valence-corrected chi connectivity index (χ1v) is 8.02. The van der Waals surface area contributed by atoms with Gasteiger partial charge in [-0.3, -0.25) is 14.9 Å². The number of rotatable bonds is 4. The number of aromatic amines is 1. The van der Waals surface area contributed by atoms with Gasteiger partial charge in [-0.1, -0.05) is 48.5 Å². The fraction of sp³-hybridized carbons (Fsp3) is 0.0500. The highest BCUT2D eigenvalue weighted by Gasteiger charge is 2.22. The number of hydrogen-bond donors (Lipinski definition) is 1. The Bertz CT molecular complexity index is 996. The molecule has 5 heteroatoms. The van der Waals surface area contributed by atoms with Crippen LogP contribution in [0.2, 0.25) is 0 Å². The number of nitrogens with one attached hydrogen (secondary N) is 1. The van der Waals surface area contributed by atoms with Crippen molar-refractivity contribution in [2.45, 2.75) is 6.54 Å². The van der Waals surface area contributed by atoms with E-state index in [0.717, 1.165) is 22.2 Å². The molecule has 0 atom stereocenters. The maximum absolute atomic E-state index is 13.2. The summed E-state index contributed by atoms with van der Waals surface area (Å²) in [5, 5.41) is 7.85. The third kappa shape index (κ3) is 2.99. The van der Waals surface area contributed by atoms with Crippen molar-refractivity contribution in [1.29, 1.82) is 0 Å². The van der Waals surface area contributed by atoms with E-state index in [0.29, 0.717) is 12.2 Å². The van der Waals surface area contributed by atoms with Crippen molar-refractivity contribution in [3.05, 3.63) is 90.4 Å². The van der Waals surface area contributed by atoms with Crippen LogP contribution in [0.15, 0.2) is 79.1 Å². The molecular weight excluding hydrogens is 312 g/mol. The second-order valence-electron chi connectivity index (χ2n) is 5.71. The topological polar surface area (TPSA) is 61.9 Å². The van der Waals surface area contributed by atoms with Gasteiger partial charge in [0.15, 0.2) is 5.69 Å². The molecule has 0 aliphatic heterocycles. The number of nitrogens with zero attached hydrogens (tertiary/aromatic N) is 3. The van der Waals surface area contributed by atoms with Gasteiger partial charge in [0, 0.05) is 18.1 Å². The van der Waals surface area contributed by atoms with E-state index in [2.05, 4.69) is 15.2 Å². The summed E-state index contributed by atoms with van der Waals surface area (Å²) in [6.07, 6.45) is 3.34. The first-order valence-electron chi connectivity index (χ1n) is 8.02. The van der Waals surface area contributed by atoms with E-state index in [1.54, 1.807) is 17.3 Å². The number of carbonyl (C=O) groups excluding carboxylic acids is 1. The fourth-order valence-corrected chi connectivity index (χ4v) is 2.80. The molecule has 1 N–H and O–H groups in total. The SMILES string of the molecule is O=C(c1n[nH]c2ccncc12)N(Cc1ccccc1)c1ccccc1. The van der Waals surface area contributed by atoms with E-state index in [-0.39, 0.29) is 5.91 Å². The van der Waals surface area contributed by atoms with Crippen LogP contribution in [-0.2, 0) is 6.54 Å². The highest BCUT2D eigenvalue weighted by molar-refractivity contribution is 6.12. The number of benzene rings is 2. The van der Waals surface area contributed by atoms with Gasteiger partial charge < -0.3 is 4.90 Å². The average Bonchev–Trinajstić information content (AvgIpc) is 3.11. The van der Waals surface area contributed by atoms with Crippen molar-refractivity contribution in [3.8, 4) is 0 Å². The molecule has 5 nitrogen and oxygen atoms in total. The zero-order valence-corrected chi connectivity index (χ0v) is 13.5. The van der Waals surface area contributed by atoms with Crippen LogP contribution in [0.5, 0.6) is 0 Å². The minimum Gasteiger partial charge on any atom is -0.303 e. The molecule has 2 aromatic carbocycles. The normalized spacial score (nSPS) is 10.7. The number of aromatic nitrogens is 3. The van der Waals surface area contributed by atoms with Crippen molar-refractivity contribution in [2.75, 3.05) is 4.90 Å². The van der Waals surface area contributed by atoms with Gasteiger partial charge in [-0.15, -0.1) is 0 Å². The van der Waals surface area contributed by atoms with Gasteiger partial charge in [-0.2, -0.15) is 5.10 Å². The molecule has 0 unspecified atom stereocenters. The van der Waals surface area contributed by atoms with E-state index >= 15 is 0 Å².